The molecule has 1 aromatic carbocycles. The summed E-state index contributed by atoms with van der Waals surface area (Å²) in [5.41, 5.74) is -5.92. The van der Waals surface area contributed by atoms with E-state index >= 15 is 4.79 Å². The molecule has 262 valence electrons. The van der Waals surface area contributed by atoms with Gasteiger partial charge in [0.2, 0.25) is 5.78 Å². The second-order valence-corrected chi connectivity index (χ2v) is 16.8. The first-order valence-corrected chi connectivity index (χ1v) is 17.8. The molecule has 0 amide bonds. The number of aliphatic hydroxyl groups is 3. The van der Waals surface area contributed by atoms with Gasteiger partial charge in [0.1, 0.15) is 28.6 Å². The van der Waals surface area contributed by atoms with Crippen molar-refractivity contribution in [2.75, 3.05) is 0 Å². The Morgan fingerprint density at radius 3 is 2.17 bits per heavy atom. The number of allylic oxidation sites excluding steroid dienone is 1. The fourth-order valence-electron chi connectivity index (χ4n) is 10.2. The van der Waals surface area contributed by atoms with Gasteiger partial charge in [0, 0.05) is 47.1 Å². The van der Waals surface area contributed by atoms with Crippen molar-refractivity contribution < 1.29 is 39.6 Å². The normalized spacial score (nSPS) is 32.4. The van der Waals surface area contributed by atoms with Gasteiger partial charge in [0.15, 0.2) is 17.2 Å². The summed E-state index contributed by atoms with van der Waals surface area (Å²) in [6.07, 6.45) is 4.70. The lowest BCUT2D eigenvalue weighted by molar-refractivity contribution is -0.199. The first-order chi connectivity index (χ1) is 22.2. The van der Waals surface area contributed by atoms with Crippen LogP contribution in [0.15, 0.2) is 29.0 Å². The highest BCUT2D eigenvalue weighted by Crippen LogP contribution is 2.71. The third-order valence-electron chi connectivity index (χ3n) is 13.0. The number of aromatic hydroxyl groups is 1. The Morgan fingerprint density at radius 1 is 1.02 bits per heavy atom. The van der Waals surface area contributed by atoms with Gasteiger partial charge in [-0.1, -0.05) is 100 Å². The quantitative estimate of drug-likeness (QED) is 0.208. The van der Waals surface area contributed by atoms with Crippen molar-refractivity contribution in [1.82, 2.24) is 0 Å². The number of carbonyl (C=O) groups is 4. The van der Waals surface area contributed by atoms with Crippen LogP contribution in [-0.2, 0) is 24.6 Å². The highest BCUT2D eigenvalue weighted by Gasteiger charge is 2.77. The summed E-state index contributed by atoms with van der Waals surface area (Å²) in [6.45, 7) is 16.3. The van der Waals surface area contributed by atoms with Crippen LogP contribution < -0.4 is 0 Å². The number of ketones is 4. The first kappa shape index (κ1) is 36.0. The molecule has 2 fully saturated rings. The van der Waals surface area contributed by atoms with Crippen LogP contribution in [0.1, 0.15) is 136 Å². The summed E-state index contributed by atoms with van der Waals surface area (Å²) >= 11 is 0. The molecule has 2 saturated carbocycles. The number of benzene rings is 1. The molecule has 1 unspecified atom stereocenters. The molecule has 48 heavy (non-hydrogen) atoms. The number of carbonyl (C=O) groups excluding carboxylic acids is 4. The van der Waals surface area contributed by atoms with E-state index < -0.39 is 80.0 Å². The van der Waals surface area contributed by atoms with Crippen LogP contribution in [0, 0.1) is 34.5 Å². The number of Topliss-reactive ketones (excluding diaryl/α,β-unsaturated/α-hetero) is 4. The smallest absolute Gasteiger partial charge is 0.203 e. The van der Waals surface area contributed by atoms with Crippen LogP contribution in [0.4, 0.5) is 0 Å². The number of hydrogen-bond donors (Lipinski definition) is 4. The second-order valence-electron chi connectivity index (χ2n) is 16.8. The average molecular weight is 663 g/mol. The van der Waals surface area contributed by atoms with Gasteiger partial charge in [-0.25, -0.2) is 0 Å². The lowest BCUT2D eigenvalue weighted by Crippen LogP contribution is -2.73. The van der Waals surface area contributed by atoms with E-state index in [0.29, 0.717) is 23.5 Å². The van der Waals surface area contributed by atoms with Crippen molar-refractivity contribution in [3.05, 3.63) is 45.7 Å². The van der Waals surface area contributed by atoms with E-state index in [-0.39, 0.29) is 41.9 Å². The van der Waals surface area contributed by atoms with E-state index in [4.69, 9.17) is 0 Å². The van der Waals surface area contributed by atoms with Gasteiger partial charge < -0.3 is 20.4 Å². The Kier molecular flexibility index (Phi) is 8.98. The molecule has 0 radical (unpaired) electrons. The average Bonchev–Trinajstić information content (AvgIpc) is 3.52. The first-order valence-electron chi connectivity index (χ1n) is 17.8. The molecule has 1 aromatic rings. The predicted octanol–water partition coefficient (Wildman–Crippen LogP) is 7.59. The standard InChI is InChI=1S/C40H54O8/c1-10-23(41)19-27-38(8)21(4)24-16-17-25(37(5,6)7)32(43)28(24)33(44)31(38)36(47)40(48)35(46)29(26(42)18-15-22-13-11-12-14-22)34(45)30(20(2)3)39(27,40)9/h16-17,20-22,27,30,43-44,46,48H,10-15,18-19H2,1-9H3/t21-,27-,30?,38-,39-,40+/m1/s1. The lowest BCUT2D eigenvalue weighted by Gasteiger charge is -2.65. The Morgan fingerprint density at radius 2 is 1.62 bits per heavy atom. The van der Waals surface area contributed by atoms with Gasteiger partial charge in [0.05, 0.1) is 5.56 Å². The number of hydrogen-bond acceptors (Lipinski definition) is 8. The molecule has 0 spiro atoms. The molecule has 4 aliphatic rings. The van der Waals surface area contributed by atoms with Gasteiger partial charge in [-0.15, -0.1) is 0 Å². The molecule has 5 rings (SSSR count). The molecule has 0 bridgehead atoms. The summed E-state index contributed by atoms with van der Waals surface area (Å²) in [4.78, 5) is 57.1. The largest absolute Gasteiger partial charge is 0.508 e. The van der Waals surface area contributed by atoms with Crippen LogP contribution in [0.25, 0.3) is 5.76 Å². The maximum absolute atomic E-state index is 15.2. The zero-order valence-corrected chi connectivity index (χ0v) is 30.1. The van der Waals surface area contributed by atoms with E-state index in [1.165, 1.54) is 0 Å². The highest BCUT2D eigenvalue weighted by atomic mass is 16.3. The summed E-state index contributed by atoms with van der Waals surface area (Å²) in [5.74, 6) is -6.87. The summed E-state index contributed by atoms with van der Waals surface area (Å²) in [5, 5.41) is 48.8. The zero-order chi connectivity index (χ0) is 35.9. The number of phenolic OH excluding ortho intramolecular Hbond substituents is 1. The lowest BCUT2D eigenvalue weighted by atomic mass is 9.37. The predicted molar refractivity (Wildman–Crippen MR) is 184 cm³/mol. The number of phenols is 1. The molecule has 4 N–H and O–H groups in total. The summed E-state index contributed by atoms with van der Waals surface area (Å²) in [6, 6.07) is 3.63. The molecule has 0 aliphatic heterocycles. The van der Waals surface area contributed by atoms with E-state index in [1.807, 2.05) is 33.8 Å². The number of aliphatic hydroxyl groups excluding tert-OH is 2. The second kappa shape index (κ2) is 12.0. The number of fused-ring (bicyclic) bond motifs is 3. The molecular formula is C40H54O8. The molecule has 0 aromatic heterocycles. The minimum Gasteiger partial charge on any atom is -0.508 e. The zero-order valence-electron chi connectivity index (χ0n) is 30.1. The fraction of sp³-hybridized carbons (Fsp3) is 0.650. The maximum atomic E-state index is 15.2. The van der Waals surface area contributed by atoms with Gasteiger partial charge >= 0.3 is 0 Å². The molecule has 4 aliphatic carbocycles. The van der Waals surface area contributed by atoms with Crippen molar-refractivity contribution in [2.45, 2.75) is 131 Å². The van der Waals surface area contributed by atoms with Crippen molar-refractivity contribution in [3.8, 4) is 5.75 Å². The Bertz CT molecular complexity index is 1630. The Hall–Kier alpha value is -3.26. The molecular weight excluding hydrogens is 608 g/mol. The Labute approximate surface area is 284 Å². The monoisotopic (exact) mass is 662 g/mol. The Balaban J connectivity index is 1.84. The van der Waals surface area contributed by atoms with Crippen molar-refractivity contribution in [2.24, 2.45) is 34.5 Å². The third-order valence-corrected chi connectivity index (χ3v) is 13.0. The molecule has 8 heteroatoms. The number of rotatable bonds is 8. The van der Waals surface area contributed by atoms with E-state index in [2.05, 4.69) is 0 Å². The minimum absolute atomic E-state index is 0.00112. The highest BCUT2D eigenvalue weighted by molar-refractivity contribution is 6.25. The van der Waals surface area contributed by atoms with Gasteiger partial charge in [-0.3, -0.25) is 19.2 Å². The van der Waals surface area contributed by atoms with Crippen molar-refractivity contribution >= 4 is 28.9 Å². The fourth-order valence-corrected chi connectivity index (χ4v) is 10.2. The van der Waals surface area contributed by atoms with Crippen LogP contribution in [0.5, 0.6) is 5.75 Å². The van der Waals surface area contributed by atoms with Crippen LogP contribution in [0.2, 0.25) is 0 Å². The van der Waals surface area contributed by atoms with Crippen molar-refractivity contribution in [1.29, 1.82) is 0 Å². The van der Waals surface area contributed by atoms with Crippen LogP contribution in [-0.4, -0.2) is 49.2 Å². The maximum Gasteiger partial charge on any atom is 0.203 e. The van der Waals surface area contributed by atoms with Gasteiger partial charge in [0.25, 0.3) is 0 Å². The van der Waals surface area contributed by atoms with E-state index in [0.717, 1.165) is 25.7 Å². The molecule has 0 heterocycles. The topological polar surface area (TPSA) is 149 Å². The summed E-state index contributed by atoms with van der Waals surface area (Å²) in [7, 11) is 0. The molecule has 0 saturated heterocycles. The third kappa shape index (κ3) is 4.79. The van der Waals surface area contributed by atoms with Crippen LogP contribution in [0.3, 0.4) is 0 Å². The SMILES string of the molecule is CCC(=O)C[C@@H]1[C@]2(C)C(=C(O)c3c(ccc(C(C)(C)C)c3O)[C@H]2C)C(=O)[C@@]2(O)C(O)=C(C(=O)CCC3CCCC3)C(=O)C(C(C)C)[C@@]12C. The molecule has 6 atom stereocenters. The summed E-state index contributed by atoms with van der Waals surface area (Å²) < 4.78 is 0. The van der Waals surface area contributed by atoms with Crippen molar-refractivity contribution in [3.63, 3.8) is 0 Å². The van der Waals surface area contributed by atoms with Crippen LogP contribution >= 0.6 is 0 Å². The van der Waals surface area contributed by atoms with Gasteiger partial charge in [-0.05, 0) is 41.1 Å². The van der Waals surface area contributed by atoms with Gasteiger partial charge in [-0.2, -0.15) is 0 Å². The minimum atomic E-state index is -2.80. The van der Waals surface area contributed by atoms with E-state index in [9.17, 15) is 34.8 Å². The van der Waals surface area contributed by atoms with E-state index in [1.54, 1.807) is 40.7 Å². The molecule has 8 nitrogen and oxygen atoms in total.